The SMILES string of the molecule is CC(C)C1CC(NC(=O)OC(C)(C)C)CN(C2CCC2C)C1. The van der Waals surface area contributed by atoms with E-state index in [0.717, 1.165) is 18.9 Å². The monoisotopic (exact) mass is 310 g/mol. The van der Waals surface area contributed by atoms with Crippen LogP contribution in [0.2, 0.25) is 0 Å². The molecule has 128 valence electrons. The Kier molecular flexibility index (Phi) is 5.41. The molecule has 1 aliphatic heterocycles. The standard InChI is InChI=1S/C18H34N2O2/c1-12(2)14-9-15(19-17(21)22-18(4,5)6)11-20(10-14)16-8-7-13(16)3/h12-16H,7-11H2,1-6H3,(H,19,21). The van der Waals surface area contributed by atoms with E-state index in [2.05, 4.69) is 31.0 Å². The van der Waals surface area contributed by atoms with Crippen LogP contribution in [0.15, 0.2) is 0 Å². The number of carbonyl (C=O) groups excluding carboxylic acids is 1. The summed E-state index contributed by atoms with van der Waals surface area (Å²) >= 11 is 0. The number of rotatable bonds is 3. The highest BCUT2D eigenvalue weighted by Gasteiger charge is 2.38. The van der Waals surface area contributed by atoms with E-state index < -0.39 is 5.60 Å². The molecule has 1 aliphatic carbocycles. The first-order valence-electron chi connectivity index (χ1n) is 8.89. The Bertz CT molecular complexity index is 389. The first-order valence-corrected chi connectivity index (χ1v) is 8.89. The fourth-order valence-electron chi connectivity index (χ4n) is 3.70. The van der Waals surface area contributed by atoms with Gasteiger partial charge in [0.25, 0.3) is 0 Å². The molecule has 0 bridgehead atoms. The van der Waals surface area contributed by atoms with Crippen LogP contribution in [0.5, 0.6) is 0 Å². The lowest BCUT2D eigenvalue weighted by atomic mass is 9.77. The number of ether oxygens (including phenoxy) is 1. The summed E-state index contributed by atoms with van der Waals surface area (Å²) < 4.78 is 5.42. The average molecular weight is 310 g/mol. The Morgan fingerprint density at radius 3 is 2.36 bits per heavy atom. The van der Waals surface area contributed by atoms with Gasteiger partial charge in [-0.25, -0.2) is 4.79 Å². The lowest BCUT2D eigenvalue weighted by Gasteiger charge is -2.49. The van der Waals surface area contributed by atoms with Gasteiger partial charge in [0.1, 0.15) is 5.60 Å². The zero-order valence-corrected chi connectivity index (χ0v) is 15.2. The zero-order valence-electron chi connectivity index (χ0n) is 15.2. The molecule has 1 amide bonds. The summed E-state index contributed by atoms with van der Waals surface area (Å²) in [4.78, 5) is 14.7. The number of piperidine rings is 1. The van der Waals surface area contributed by atoms with Crippen LogP contribution >= 0.6 is 0 Å². The summed E-state index contributed by atoms with van der Waals surface area (Å²) in [5, 5.41) is 3.11. The van der Waals surface area contributed by atoms with E-state index in [-0.39, 0.29) is 12.1 Å². The second-order valence-electron chi connectivity index (χ2n) is 8.66. The maximum atomic E-state index is 12.1. The zero-order chi connectivity index (χ0) is 16.5. The minimum absolute atomic E-state index is 0.212. The van der Waals surface area contributed by atoms with Crippen LogP contribution in [0.25, 0.3) is 0 Å². The molecule has 1 saturated carbocycles. The molecular weight excluding hydrogens is 276 g/mol. The van der Waals surface area contributed by atoms with Gasteiger partial charge in [0.15, 0.2) is 0 Å². The maximum Gasteiger partial charge on any atom is 0.407 e. The number of nitrogens with zero attached hydrogens (tertiary/aromatic N) is 1. The van der Waals surface area contributed by atoms with E-state index in [1.165, 1.54) is 19.4 Å². The fourth-order valence-corrected chi connectivity index (χ4v) is 3.70. The van der Waals surface area contributed by atoms with E-state index in [4.69, 9.17) is 4.74 Å². The van der Waals surface area contributed by atoms with Gasteiger partial charge in [0.2, 0.25) is 0 Å². The van der Waals surface area contributed by atoms with Crippen molar-refractivity contribution >= 4 is 6.09 Å². The Balaban J connectivity index is 1.95. The Hall–Kier alpha value is -0.770. The van der Waals surface area contributed by atoms with Crippen LogP contribution in [0.3, 0.4) is 0 Å². The van der Waals surface area contributed by atoms with Crippen LogP contribution in [0.1, 0.15) is 60.8 Å². The molecule has 1 heterocycles. The number of nitrogens with one attached hydrogen (secondary N) is 1. The first kappa shape index (κ1) is 17.6. The minimum atomic E-state index is -0.432. The summed E-state index contributed by atoms with van der Waals surface area (Å²) in [6, 6.07) is 0.924. The Morgan fingerprint density at radius 1 is 1.23 bits per heavy atom. The average Bonchev–Trinajstić information content (AvgIpc) is 2.34. The summed E-state index contributed by atoms with van der Waals surface area (Å²) in [6.45, 7) is 14.8. The molecule has 1 N–H and O–H groups in total. The second kappa shape index (κ2) is 6.77. The van der Waals surface area contributed by atoms with Crippen LogP contribution in [-0.2, 0) is 4.74 Å². The third kappa shape index (κ3) is 4.61. The number of hydrogen-bond donors (Lipinski definition) is 1. The Morgan fingerprint density at radius 2 is 1.91 bits per heavy atom. The summed E-state index contributed by atoms with van der Waals surface area (Å²) in [5.41, 5.74) is -0.432. The van der Waals surface area contributed by atoms with Gasteiger partial charge in [-0.1, -0.05) is 20.8 Å². The summed E-state index contributed by atoms with van der Waals surface area (Å²) in [5.74, 6) is 2.11. The summed E-state index contributed by atoms with van der Waals surface area (Å²) in [7, 11) is 0. The molecule has 0 aromatic carbocycles. The highest BCUT2D eigenvalue weighted by Crippen LogP contribution is 2.35. The van der Waals surface area contributed by atoms with Crippen LogP contribution in [0, 0.1) is 17.8 Å². The molecule has 22 heavy (non-hydrogen) atoms. The smallest absolute Gasteiger partial charge is 0.407 e. The quantitative estimate of drug-likeness (QED) is 0.865. The number of likely N-dealkylation sites (tertiary alicyclic amines) is 1. The van der Waals surface area contributed by atoms with Crippen LogP contribution in [-0.4, -0.2) is 41.8 Å². The first-order chi connectivity index (χ1) is 10.2. The largest absolute Gasteiger partial charge is 0.444 e. The van der Waals surface area contributed by atoms with Crippen LogP contribution in [0.4, 0.5) is 4.79 Å². The minimum Gasteiger partial charge on any atom is -0.444 e. The van der Waals surface area contributed by atoms with E-state index in [9.17, 15) is 4.79 Å². The van der Waals surface area contributed by atoms with E-state index in [0.29, 0.717) is 17.9 Å². The molecule has 1 saturated heterocycles. The summed E-state index contributed by atoms with van der Waals surface area (Å²) in [6.07, 6.45) is 3.45. The molecule has 2 fully saturated rings. The van der Waals surface area contributed by atoms with Crippen molar-refractivity contribution in [3.05, 3.63) is 0 Å². The fraction of sp³-hybridized carbons (Fsp3) is 0.944. The van der Waals surface area contributed by atoms with Crippen molar-refractivity contribution in [2.24, 2.45) is 17.8 Å². The topological polar surface area (TPSA) is 41.6 Å². The van der Waals surface area contributed by atoms with Gasteiger partial charge in [-0.2, -0.15) is 0 Å². The van der Waals surface area contributed by atoms with Crippen molar-refractivity contribution in [2.45, 2.75) is 78.5 Å². The molecule has 4 heteroatoms. The molecule has 0 aromatic rings. The van der Waals surface area contributed by atoms with Gasteiger partial charge >= 0.3 is 6.09 Å². The van der Waals surface area contributed by atoms with Crippen molar-refractivity contribution in [3.63, 3.8) is 0 Å². The molecule has 4 unspecified atom stereocenters. The third-order valence-corrected chi connectivity index (χ3v) is 5.22. The van der Waals surface area contributed by atoms with Crippen molar-refractivity contribution in [1.82, 2.24) is 10.2 Å². The molecular formula is C18H34N2O2. The maximum absolute atomic E-state index is 12.1. The van der Waals surface area contributed by atoms with Crippen molar-refractivity contribution in [2.75, 3.05) is 13.1 Å². The van der Waals surface area contributed by atoms with Gasteiger partial charge in [0, 0.05) is 25.2 Å². The number of hydrogen-bond acceptors (Lipinski definition) is 3. The highest BCUT2D eigenvalue weighted by atomic mass is 16.6. The molecule has 4 atom stereocenters. The number of amides is 1. The van der Waals surface area contributed by atoms with Crippen LogP contribution < -0.4 is 5.32 Å². The molecule has 4 nitrogen and oxygen atoms in total. The van der Waals surface area contributed by atoms with E-state index in [1.54, 1.807) is 0 Å². The highest BCUT2D eigenvalue weighted by molar-refractivity contribution is 5.68. The van der Waals surface area contributed by atoms with E-state index in [1.807, 2.05) is 20.8 Å². The van der Waals surface area contributed by atoms with Gasteiger partial charge in [-0.05, 0) is 57.8 Å². The Labute approximate surface area is 136 Å². The molecule has 0 spiro atoms. The molecule has 2 rings (SSSR count). The molecule has 0 radical (unpaired) electrons. The van der Waals surface area contributed by atoms with Gasteiger partial charge < -0.3 is 10.1 Å². The lowest BCUT2D eigenvalue weighted by molar-refractivity contribution is 0.00706. The number of carbonyl (C=O) groups is 1. The number of alkyl carbamates (subject to hydrolysis) is 1. The van der Waals surface area contributed by atoms with Crippen molar-refractivity contribution in [3.8, 4) is 0 Å². The predicted molar refractivity (Wildman–Crippen MR) is 89.9 cm³/mol. The second-order valence-corrected chi connectivity index (χ2v) is 8.66. The molecule has 0 aromatic heterocycles. The normalized spacial score (nSPS) is 33.4. The molecule has 2 aliphatic rings. The van der Waals surface area contributed by atoms with Gasteiger partial charge in [-0.3, -0.25) is 4.90 Å². The van der Waals surface area contributed by atoms with Crippen molar-refractivity contribution in [1.29, 1.82) is 0 Å². The van der Waals surface area contributed by atoms with Gasteiger partial charge in [0.05, 0.1) is 0 Å². The van der Waals surface area contributed by atoms with E-state index >= 15 is 0 Å². The predicted octanol–water partition coefficient (Wildman–Crippen LogP) is 3.66. The lowest BCUT2D eigenvalue weighted by Crippen LogP contribution is -2.58. The third-order valence-electron chi connectivity index (χ3n) is 5.22. The van der Waals surface area contributed by atoms with Gasteiger partial charge in [-0.15, -0.1) is 0 Å². The van der Waals surface area contributed by atoms with Crippen molar-refractivity contribution < 1.29 is 9.53 Å².